The Morgan fingerprint density at radius 1 is 1.21 bits per heavy atom. The van der Waals surface area contributed by atoms with Crippen LogP contribution in [0.5, 0.6) is 0 Å². The zero-order chi connectivity index (χ0) is 21.4. The lowest BCUT2D eigenvalue weighted by Gasteiger charge is -2.29. The number of nitrogens with zero attached hydrogens (tertiary/aromatic N) is 2. The molecule has 28 heavy (non-hydrogen) atoms. The van der Waals surface area contributed by atoms with Crippen LogP contribution < -0.4 is 10.2 Å². The van der Waals surface area contributed by atoms with Gasteiger partial charge < -0.3 is 15.0 Å². The van der Waals surface area contributed by atoms with Crippen LogP contribution in [0.1, 0.15) is 77.8 Å². The van der Waals surface area contributed by atoms with Crippen molar-refractivity contribution < 1.29 is 4.74 Å². The van der Waals surface area contributed by atoms with E-state index in [9.17, 15) is 0 Å². The second kappa shape index (κ2) is 16.0. The molecule has 0 saturated carbocycles. The number of nitrogens with one attached hydrogen (secondary N) is 1. The number of rotatable bonds is 8. The van der Waals surface area contributed by atoms with Gasteiger partial charge in [0.25, 0.3) is 0 Å². The molecule has 0 aliphatic carbocycles. The van der Waals surface area contributed by atoms with Crippen molar-refractivity contribution in [2.24, 2.45) is 0 Å². The van der Waals surface area contributed by atoms with Crippen LogP contribution >= 0.6 is 0 Å². The highest BCUT2D eigenvalue weighted by Crippen LogP contribution is 2.23. The normalized spacial score (nSPS) is 13.5. The summed E-state index contributed by atoms with van der Waals surface area (Å²) in [6.07, 6.45) is 9.78. The van der Waals surface area contributed by atoms with E-state index in [4.69, 9.17) is 9.72 Å². The lowest BCUT2D eigenvalue weighted by Crippen LogP contribution is -2.30. The molecule has 4 heteroatoms. The van der Waals surface area contributed by atoms with E-state index in [1.165, 1.54) is 24.8 Å². The summed E-state index contributed by atoms with van der Waals surface area (Å²) < 4.78 is 5.35. The van der Waals surface area contributed by atoms with Crippen LogP contribution in [-0.4, -0.2) is 31.7 Å². The topological polar surface area (TPSA) is 37.4 Å². The summed E-state index contributed by atoms with van der Waals surface area (Å²) in [7, 11) is 1.73. The van der Waals surface area contributed by atoms with Crippen LogP contribution in [0, 0.1) is 6.92 Å². The fourth-order valence-electron chi connectivity index (χ4n) is 3.12. The molecule has 0 unspecified atom stereocenters. The van der Waals surface area contributed by atoms with Crippen molar-refractivity contribution in [3.8, 4) is 0 Å². The Balaban J connectivity index is 0.00000171. The van der Waals surface area contributed by atoms with Gasteiger partial charge in [-0.05, 0) is 50.3 Å². The SMILES string of the molecule is C=C(NCC/C(=C\CC)OC)c1cnc(N2CCCCC2)c(C)c1.CC.CC. The Kier molecular flexibility index (Phi) is 14.9. The molecule has 4 nitrogen and oxygen atoms in total. The molecular formula is C24H43N3O. The molecule has 2 rings (SSSR count). The van der Waals surface area contributed by atoms with Crippen molar-refractivity contribution in [3.05, 3.63) is 41.8 Å². The van der Waals surface area contributed by atoms with E-state index in [1.54, 1.807) is 7.11 Å². The van der Waals surface area contributed by atoms with E-state index in [2.05, 4.69) is 42.8 Å². The van der Waals surface area contributed by atoms with Crippen molar-refractivity contribution in [3.63, 3.8) is 0 Å². The van der Waals surface area contributed by atoms with E-state index in [1.807, 2.05) is 33.9 Å². The summed E-state index contributed by atoms with van der Waals surface area (Å²) in [5.74, 6) is 2.14. The quantitative estimate of drug-likeness (QED) is 0.528. The lowest BCUT2D eigenvalue weighted by molar-refractivity contribution is 0.275. The van der Waals surface area contributed by atoms with Gasteiger partial charge in [-0.3, -0.25) is 0 Å². The number of piperidine rings is 1. The fourth-order valence-corrected chi connectivity index (χ4v) is 3.12. The number of ether oxygens (including phenoxy) is 1. The smallest absolute Gasteiger partial charge is 0.131 e. The molecule has 1 fully saturated rings. The number of pyridine rings is 1. The highest BCUT2D eigenvalue weighted by Gasteiger charge is 2.14. The third kappa shape index (κ3) is 8.81. The number of aromatic nitrogens is 1. The molecule has 0 atom stereocenters. The first-order valence-electron chi connectivity index (χ1n) is 11.0. The molecule has 2 heterocycles. The molecular weight excluding hydrogens is 346 g/mol. The Morgan fingerprint density at radius 2 is 1.86 bits per heavy atom. The predicted octanol–water partition coefficient (Wildman–Crippen LogP) is 6.32. The van der Waals surface area contributed by atoms with E-state index in [-0.39, 0.29) is 0 Å². The molecule has 0 amide bonds. The van der Waals surface area contributed by atoms with Crippen LogP contribution in [0.2, 0.25) is 0 Å². The van der Waals surface area contributed by atoms with Crippen LogP contribution in [-0.2, 0) is 4.74 Å². The third-order valence-corrected chi connectivity index (χ3v) is 4.46. The Labute approximate surface area is 174 Å². The molecule has 0 spiro atoms. The molecule has 0 radical (unpaired) electrons. The van der Waals surface area contributed by atoms with Gasteiger partial charge in [-0.25, -0.2) is 4.98 Å². The second-order valence-electron chi connectivity index (χ2n) is 6.35. The molecule has 1 N–H and O–H groups in total. The van der Waals surface area contributed by atoms with E-state index in [0.717, 1.165) is 55.3 Å². The summed E-state index contributed by atoms with van der Waals surface area (Å²) in [5, 5.41) is 3.38. The maximum atomic E-state index is 5.35. The highest BCUT2D eigenvalue weighted by molar-refractivity contribution is 5.64. The molecule has 1 aliphatic rings. The standard InChI is InChI=1S/C20H31N3O.2C2H6/c1-5-9-19(24-4)10-11-21-17(3)18-14-16(2)20(22-15-18)23-12-7-6-8-13-23;2*1-2/h9,14-15,21H,3,5-8,10-13H2,1-2,4H3;2*1-2H3/b19-9+;;. The number of hydrogen-bond donors (Lipinski definition) is 1. The molecule has 0 bridgehead atoms. The van der Waals surface area contributed by atoms with Crippen molar-refractivity contribution in [2.75, 3.05) is 31.6 Å². The molecule has 1 aliphatic heterocycles. The van der Waals surface area contributed by atoms with E-state index >= 15 is 0 Å². The van der Waals surface area contributed by atoms with Crippen molar-refractivity contribution >= 4 is 11.5 Å². The largest absolute Gasteiger partial charge is 0.501 e. The summed E-state index contributed by atoms with van der Waals surface area (Å²) in [6, 6.07) is 2.19. The molecule has 160 valence electrons. The van der Waals surface area contributed by atoms with E-state index in [0.29, 0.717) is 0 Å². The van der Waals surface area contributed by atoms with Gasteiger partial charge in [0.05, 0.1) is 12.9 Å². The maximum absolute atomic E-state index is 5.35. The van der Waals surface area contributed by atoms with Gasteiger partial charge in [0.15, 0.2) is 0 Å². The van der Waals surface area contributed by atoms with Crippen LogP contribution in [0.15, 0.2) is 30.7 Å². The van der Waals surface area contributed by atoms with Gasteiger partial charge >= 0.3 is 0 Å². The zero-order valence-corrected chi connectivity index (χ0v) is 19.4. The number of aryl methyl sites for hydroxylation is 1. The van der Waals surface area contributed by atoms with Crippen molar-refractivity contribution in [1.82, 2.24) is 10.3 Å². The number of anilines is 1. The van der Waals surface area contributed by atoms with Gasteiger partial charge in [-0.1, -0.05) is 41.2 Å². The minimum atomic E-state index is 0.811. The van der Waals surface area contributed by atoms with Crippen LogP contribution in [0.3, 0.4) is 0 Å². The summed E-state index contributed by atoms with van der Waals surface area (Å²) >= 11 is 0. The minimum Gasteiger partial charge on any atom is -0.501 e. The Bertz CT molecular complexity index is 575. The number of allylic oxidation sites excluding steroid dienone is 1. The van der Waals surface area contributed by atoms with Crippen molar-refractivity contribution in [2.45, 2.75) is 73.6 Å². The second-order valence-corrected chi connectivity index (χ2v) is 6.35. The summed E-state index contributed by atoms with van der Waals surface area (Å²) in [5.41, 5.74) is 3.20. The van der Waals surface area contributed by atoms with Gasteiger partial charge in [0.1, 0.15) is 5.82 Å². The molecule has 0 aromatic carbocycles. The van der Waals surface area contributed by atoms with Crippen LogP contribution in [0.25, 0.3) is 5.70 Å². The average Bonchev–Trinajstić information content (AvgIpc) is 2.76. The maximum Gasteiger partial charge on any atom is 0.131 e. The van der Waals surface area contributed by atoms with Gasteiger partial charge in [0.2, 0.25) is 0 Å². The fraction of sp³-hybridized carbons (Fsp3) is 0.625. The highest BCUT2D eigenvalue weighted by atomic mass is 16.5. The predicted molar refractivity (Wildman–Crippen MR) is 125 cm³/mol. The van der Waals surface area contributed by atoms with Crippen LogP contribution in [0.4, 0.5) is 5.82 Å². The Morgan fingerprint density at radius 3 is 2.39 bits per heavy atom. The number of methoxy groups -OCH3 is 1. The van der Waals surface area contributed by atoms with Gasteiger partial charge in [-0.15, -0.1) is 0 Å². The summed E-state index contributed by atoms with van der Waals surface area (Å²) in [6.45, 7) is 19.5. The minimum absolute atomic E-state index is 0.811. The average molecular weight is 390 g/mol. The van der Waals surface area contributed by atoms with Gasteiger partial charge in [-0.2, -0.15) is 0 Å². The van der Waals surface area contributed by atoms with Crippen molar-refractivity contribution in [1.29, 1.82) is 0 Å². The van der Waals surface area contributed by atoms with E-state index < -0.39 is 0 Å². The number of hydrogen-bond acceptors (Lipinski definition) is 4. The zero-order valence-electron chi connectivity index (χ0n) is 19.4. The molecule has 1 aromatic rings. The Hall–Kier alpha value is -1.97. The lowest BCUT2D eigenvalue weighted by atomic mass is 10.1. The first kappa shape index (κ1) is 26.0. The van der Waals surface area contributed by atoms with Gasteiger partial charge in [0, 0.05) is 43.5 Å². The first-order chi connectivity index (χ1) is 13.7. The summed E-state index contributed by atoms with van der Waals surface area (Å²) in [4.78, 5) is 7.10. The third-order valence-electron chi connectivity index (χ3n) is 4.46. The first-order valence-corrected chi connectivity index (χ1v) is 11.0. The molecule has 1 saturated heterocycles. The monoisotopic (exact) mass is 389 g/mol. The molecule has 1 aromatic heterocycles.